The van der Waals surface area contributed by atoms with Crippen LogP contribution in [0, 0.1) is 0 Å². The first kappa shape index (κ1) is 21.1. The smallest absolute Gasteiger partial charge is 0.261 e. The van der Waals surface area contributed by atoms with Gasteiger partial charge in [0.2, 0.25) is 0 Å². The average Bonchev–Trinajstić information content (AvgIpc) is 2.74. The maximum atomic E-state index is 12.7. The quantitative estimate of drug-likeness (QED) is 0.559. The third-order valence-corrected chi connectivity index (χ3v) is 5.72. The van der Waals surface area contributed by atoms with Crippen molar-refractivity contribution in [1.29, 1.82) is 0 Å². The van der Waals surface area contributed by atoms with Crippen LogP contribution in [0.4, 0.5) is 11.4 Å². The highest BCUT2D eigenvalue weighted by molar-refractivity contribution is 7.92. The van der Waals surface area contributed by atoms with E-state index in [1.165, 1.54) is 50.4 Å². The lowest BCUT2D eigenvalue weighted by molar-refractivity contribution is 0.101. The van der Waals surface area contributed by atoms with Crippen LogP contribution in [0.5, 0.6) is 5.75 Å². The van der Waals surface area contributed by atoms with E-state index in [0.717, 1.165) is 0 Å². The van der Waals surface area contributed by atoms with Crippen LogP contribution < -0.4 is 14.8 Å². The lowest BCUT2D eigenvalue weighted by Crippen LogP contribution is -2.18. The summed E-state index contributed by atoms with van der Waals surface area (Å²) >= 11 is 0. The van der Waals surface area contributed by atoms with Crippen LogP contribution in [0.1, 0.15) is 27.6 Å². The van der Waals surface area contributed by atoms with Gasteiger partial charge >= 0.3 is 0 Å². The standard InChI is InChI=1S/C22H20N2O5S/c1-15(25)16-7-9-17(10-8-16)23-22(26)20-5-3-4-6-21(20)24-30(27,28)19-13-11-18(29-2)12-14-19/h3-14,24H,1-2H3,(H,23,26). The molecule has 1 amide bonds. The highest BCUT2D eigenvalue weighted by atomic mass is 32.2. The van der Waals surface area contributed by atoms with Crippen molar-refractivity contribution in [2.24, 2.45) is 0 Å². The molecule has 0 saturated heterocycles. The molecule has 30 heavy (non-hydrogen) atoms. The number of ether oxygens (including phenoxy) is 1. The number of nitrogens with one attached hydrogen (secondary N) is 2. The third-order valence-electron chi connectivity index (χ3n) is 4.34. The summed E-state index contributed by atoms with van der Waals surface area (Å²) in [4.78, 5) is 24.1. The first-order valence-corrected chi connectivity index (χ1v) is 10.5. The van der Waals surface area contributed by atoms with E-state index in [9.17, 15) is 18.0 Å². The Bertz CT molecular complexity index is 1170. The molecule has 0 bridgehead atoms. The van der Waals surface area contributed by atoms with E-state index >= 15 is 0 Å². The number of carbonyl (C=O) groups excluding carboxylic acids is 2. The van der Waals surface area contributed by atoms with Crippen molar-refractivity contribution in [3.63, 3.8) is 0 Å². The fourth-order valence-electron chi connectivity index (χ4n) is 2.72. The Morgan fingerprint density at radius 2 is 1.50 bits per heavy atom. The average molecular weight is 424 g/mol. The largest absolute Gasteiger partial charge is 0.497 e. The normalized spacial score (nSPS) is 10.9. The van der Waals surface area contributed by atoms with Crippen molar-refractivity contribution < 1.29 is 22.7 Å². The number of rotatable bonds is 7. The molecule has 7 nitrogen and oxygen atoms in total. The van der Waals surface area contributed by atoms with Gasteiger partial charge in [0.1, 0.15) is 5.75 Å². The van der Waals surface area contributed by atoms with Crippen LogP contribution in [0.25, 0.3) is 0 Å². The molecular weight excluding hydrogens is 404 g/mol. The van der Waals surface area contributed by atoms with Gasteiger partial charge in [0.25, 0.3) is 15.9 Å². The zero-order valence-corrected chi connectivity index (χ0v) is 17.2. The van der Waals surface area contributed by atoms with Crippen LogP contribution >= 0.6 is 0 Å². The molecule has 0 aliphatic carbocycles. The summed E-state index contributed by atoms with van der Waals surface area (Å²) in [6, 6.07) is 18.6. The molecule has 0 atom stereocenters. The summed E-state index contributed by atoms with van der Waals surface area (Å²) in [5.41, 5.74) is 1.31. The van der Waals surface area contributed by atoms with Crippen molar-refractivity contribution in [3.8, 4) is 5.75 Å². The van der Waals surface area contributed by atoms with Gasteiger partial charge in [-0.05, 0) is 67.6 Å². The molecule has 3 aromatic rings. The molecule has 154 valence electrons. The monoisotopic (exact) mass is 424 g/mol. The number of carbonyl (C=O) groups is 2. The molecule has 0 aromatic heterocycles. The number of ketones is 1. The Balaban J connectivity index is 1.82. The molecule has 2 N–H and O–H groups in total. The van der Waals surface area contributed by atoms with Crippen LogP contribution in [-0.4, -0.2) is 27.2 Å². The summed E-state index contributed by atoms with van der Waals surface area (Å²) in [5.74, 6) is -0.0331. The van der Waals surface area contributed by atoms with Crippen LogP contribution in [0.15, 0.2) is 77.7 Å². The first-order chi connectivity index (χ1) is 14.3. The Hall–Kier alpha value is -3.65. The molecule has 0 fully saturated rings. The summed E-state index contributed by atoms with van der Waals surface area (Å²) in [6.45, 7) is 1.46. The van der Waals surface area contributed by atoms with Crippen LogP contribution in [0.3, 0.4) is 0 Å². The van der Waals surface area contributed by atoms with E-state index in [2.05, 4.69) is 10.0 Å². The van der Waals surface area contributed by atoms with E-state index in [1.54, 1.807) is 36.4 Å². The number of methoxy groups -OCH3 is 1. The van der Waals surface area contributed by atoms with E-state index in [1.807, 2.05) is 0 Å². The molecular formula is C22H20N2O5S. The summed E-state index contributed by atoms with van der Waals surface area (Å²) in [5, 5.41) is 2.70. The van der Waals surface area contributed by atoms with Crippen molar-refractivity contribution in [2.45, 2.75) is 11.8 Å². The number of benzene rings is 3. The maximum Gasteiger partial charge on any atom is 0.261 e. The molecule has 0 unspecified atom stereocenters. The van der Waals surface area contributed by atoms with Crippen LogP contribution in [-0.2, 0) is 10.0 Å². The van der Waals surface area contributed by atoms with Gasteiger partial charge in [-0.2, -0.15) is 0 Å². The van der Waals surface area contributed by atoms with Gasteiger partial charge in [-0.1, -0.05) is 12.1 Å². The number of amides is 1. The number of anilines is 2. The Kier molecular flexibility index (Phi) is 6.17. The van der Waals surface area contributed by atoms with Crippen molar-refractivity contribution >= 4 is 33.1 Å². The first-order valence-electron chi connectivity index (χ1n) is 8.98. The lowest BCUT2D eigenvalue weighted by Gasteiger charge is -2.13. The van der Waals surface area contributed by atoms with Crippen LogP contribution in [0.2, 0.25) is 0 Å². The summed E-state index contributed by atoms with van der Waals surface area (Å²) in [6.07, 6.45) is 0. The molecule has 3 rings (SSSR count). The second kappa shape index (κ2) is 8.79. The minimum Gasteiger partial charge on any atom is -0.497 e. The highest BCUT2D eigenvalue weighted by Gasteiger charge is 2.19. The van der Waals surface area contributed by atoms with Gasteiger partial charge < -0.3 is 10.1 Å². The Labute approximate surface area is 174 Å². The predicted molar refractivity (Wildman–Crippen MR) is 115 cm³/mol. The van der Waals surface area contributed by atoms with Crippen molar-refractivity contribution in [1.82, 2.24) is 0 Å². The number of Topliss-reactive ketones (excluding diaryl/α,β-unsaturated/α-hetero) is 1. The molecule has 0 heterocycles. The SMILES string of the molecule is COc1ccc(S(=O)(=O)Nc2ccccc2C(=O)Nc2ccc(C(C)=O)cc2)cc1. The topological polar surface area (TPSA) is 102 Å². The number of para-hydroxylation sites is 1. The van der Waals surface area contributed by atoms with Crippen molar-refractivity contribution in [2.75, 3.05) is 17.1 Å². The fraction of sp³-hybridized carbons (Fsp3) is 0.0909. The van der Waals surface area contributed by atoms with E-state index < -0.39 is 15.9 Å². The van der Waals surface area contributed by atoms with Crippen molar-refractivity contribution in [3.05, 3.63) is 83.9 Å². The number of hydrogen-bond donors (Lipinski definition) is 2. The van der Waals surface area contributed by atoms with Gasteiger partial charge in [0.15, 0.2) is 5.78 Å². The molecule has 3 aromatic carbocycles. The molecule has 8 heteroatoms. The third kappa shape index (κ3) is 4.84. The number of hydrogen-bond acceptors (Lipinski definition) is 5. The van der Waals surface area contributed by atoms with Gasteiger partial charge in [-0.15, -0.1) is 0 Å². The minimum absolute atomic E-state index is 0.0401. The van der Waals surface area contributed by atoms with E-state index in [-0.39, 0.29) is 21.9 Å². The Morgan fingerprint density at radius 3 is 2.10 bits per heavy atom. The van der Waals surface area contributed by atoms with Gasteiger partial charge in [-0.3, -0.25) is 14.3 Å². The molecule has 0 saturated carbocycles. The lowest BCUT2D eigenvalue weighted by atomic mass is 10.1. The summed E-state index contributed by atoms with van der Waals surface area (Å²) in [7, 11) is -2.42. The zero-order chi connectivity index (χ0) is 21.7. The summed E-state index contributed by atoms with van der Waals surface area (Å²) < 4.78 is 32.9. The van der Waals surface area contributed by atoms with Gasteiger partial charge in [0, 0.05) is 11.3 Å². The molecule has 0 radical (unpaired) electrons. The maximum absolute atomic E-state index is 12.7. The van der Waals surface area contributed by atoms with Gasteiger partial charge in [-0.25, -0.2) is 8.42 Å². The zero-order valence-electron chi connectivity index (χ0n) is 16.4. The second-order valence-electron chi connectivity index (χ2n) is 6.41. The molecule has 0 spiro atoms. The fourth-order valence-corrected chi connectivity index (χ4v) is 3.80. The predicted octanol–water partition coefficient (Wildman–Crippen LogP) is 3.95. The van der Waals surface area contributed by atoms with Gasteiger partial charge in [0.05, 0.1) is 23.3 Å². The molecule has 0 aliphatic heterocycles. The van der Waals surface area contributed by atoms with E-state index in [4.69, 9.17) is 4.74 Å². The molecule has 0 aliphatic rings. The minimum atomic E-state index is -3.91. The number of sulfonamides is 1. The highest BCUT2D eigenvalue weighted by Crippen LogP contribution is 2.23. The van der Waals surface area contributed by atoms with E-state index in [0.29, 0.717) is 17.0 Å². The Morgan fingerprint density at radius 1 is 0.867 bits per heavy atom. The second-order valence-corrected chi connectivity index (χ2v) is 8.10.